The maximum atomic E-state index is 11.8. The lowest BCUT2D eigenvalue weighted by Gasteiger charge is -2.09. The molecule has 0 spiro atoms. The second-order valence-electron chi connectivity index (χ2n) is 4.60. The van der Waals surface area contributed by atoms with Crippen molar-refractivity contribution >= 4 is 17.4 Å². The van der Waals surface area contributed by atoms with Crippen molar-refractivity contribution in [1.82, 2.24) is 5.32 Å². The van der Waals surface area contributed by atoms with Gasteiger partial charge in [0.1, 0.15) is 5.75 Å². The second-order valence-corrected chi connectivity index (χ2v) is 4.60. The van der Waals surface area contributed by atoms with Gasteiger partial charge >= 0.3 is 6.03 Å². The van der Waals surface area contributed by atoms with E-state index in [1.54, 1.807) is 13.2 Å². The highest BCUT2D eigenvalue weighted by atomic mass is 16.5. The van der Waals surface area contributed by atoms with Gasteiger partial charge in [0.05, 0.1) is 7.11 Å². The summed E-state index contributed by atoms with van der Waals surface area (Å²) < 4.78 is 5.10. The molecule has 2 aromatic carbocycles. The first-order valence-electron chi connectivity index (χ1n) is 6.71. The number of hydrogen-bond donors (Lipinski definition) is 3. The van der Waals surface area contributed by atoms with E-state index >= 15 is 0 Å². The summed E-state index contributed by atoms with van der Waals surface area (Å²) in [4.78, 5) is 11.8. The van der Waals surface area contributed by atoms with Gasteiger partial charge in [0, 0.05) is 24.0 Å². The van der Waals surface area contributed by atoms with Crippen LogP contribution < -0.4 is 21.1 Å². The maximum Gasteiger partial charge on any atom is 0.319 e. The van der Waals surface area contributed by atoms with Crippen molar-refractivity contribution in [2.24, 2.45) is 0 Å². The van der Waals surface area contributed by atoms with Gasteiger partial charge in [0.15, 0.2) is 0 Å². The van der Waals surface area contributed by atoms with Gasteiger partial charge in [-0.2, -0.15) is 0 Å². The standard InChI is InChI=1S/C16H19N3O2/c1-21-15-4-2-3-14(11-15)19-16(20)18-10-9-12-5-7-13(17)8-6-12/h2-8,11H,9-10,17H2,1H3,(H2,18,19,20). The normalized spacial score (nSPS) is 9.95. The van der Waals surface area contributed by atoms with Gasteiger partial charge in [-0.05, 0) is 36.2 Å². The minimum absolute atomic E-state index is 0.237. The molecular weight excluding hydrogens is 266 g/mol. The van der Waals surface area contributed by atoms with Crippen molar-refractivity contribution < 1.29 is 9.53 Å². The smallest absolute Gasteiger partial charge is 0.319 e. The van der Waals surface area contributed by atoms with Crippen LogP contribution in [0.5, 0.6) is 5.75 Å². The van der Waals surface area contributed by atoms with Gasteiger partial charge in [-0.25, -0.2) is 4.79 Å². The topological polar surface area (TPSA) is 76.4 Å². The number of nitrogen functional groups attached to an aromatic ring is 1. The average Bonchev–Trinajstić information content (AvgIpc) is 2.49. The number of anilines is 2. The summed E-state index contributed by atoms with van der Waals surface area (Å²) in [5.74, 6) is 0.703. The fourth-order valence-corrected chi connectivity index (χ4v) is 1.88. The van der Waals surface area contributed by atoms with Gasteiger partial charge < -0.3 is 21.1 Å². The van der Waals surface area contributed by atoms with Crippen molar-refractivity contribution in [1.29, 1.82) is 0 Å². The average molecular weight is 285 g/mol. The Morgan fingerprint density at radius 3 is 2.67 bits per heavy atom. The molecule has 0 aromatic heterocycles. The Hall–Kier alpha value is -2.69. The van der Waals surface area contributed by atoms with E-state index in [0.29, 0.717) is 18.0 Å². The third-order valence-electron chi connectivity index (χ3n) is 3.01. The number of carbonyl (C=O) groups excluding carboxylic acids is 1. The molecule has 0 saturated carbocycles. The third kappa shape index (κ3) is 4.72. The van der Waals surface area contributed by atoms with Crippen LogP contribution in [0.1, 0.15) is 5.56 Å². The zero-order valence-corrected chi connectivity index (χ0v) is 11.9. The van der Waals surface area contributed by atoms with Gasteiger partial charge in [0.25, 0.3) is 0 Å². The molecule has 0 radical (unpaired) electrons. The number of hydrogen-bond acceptors (Lipinski definition) is 3. The van der Waals surface area contributed by atoms with Gasteiger partial charge in [-0.15, -0.1) is 0 Å². The Balaban J connectivity index is 1.78. The zero-order valence-electron chi connectivity index (χ0n) is 11.9. The van der Waals surface area contributed by atoms with Gasteiger partial charge in [-0.1, -0.05) is 18.2 Å². The molecule has 2 amide bonds. The molecule has 0 bridgehead atoms. The van der Waals surface area contributed by atoms with E-state index in [2.05, 4.69) is 10.6 Å². The highest BCUT2D eigenvalue weighted by Gasteiger charge is 2.02. The van der Waals surface area contributed by atoms with Crippen LogP contribution in [0, 0.1) is 0 Å². The van der Waals surface area contributed by atoms with Crippen LogP contribution in [0.4, 0.5) is 16.2 Å². The Labute approximate surface area is 124 Å². The fraction of sp³-hybridized carbons (Fsp3) is 0.188. The number of ether oxygens (including phenoxy) is 1. The van der Waals surface area contributed by atoms with Gasteiger partial charge in [0.2, 0.25) is 0 Å². The molecule has 21 heavy (non-hydrogen) atoms. The summed E-state index contributed by atoms with van der Waals surface area (Å²) in [7, 11) is 1.59. The van der Waals surface area contributed by atoms with Crippen molar-refractivity contribution in [2.45, 2.75) is 6.42 Å². The number of benzene rings is 2. The number of methoxy groups -OCH3 is 1. The molecule has 5 nitrogen and oxygen atoms in total. The van der Waals surface area contributed by atoms with Crippen molar-refractivity contribution in [3.05, 3.63) is 54.1 Å². The van der Waals surface area contributed by atoms with Crippen molar-refractivity contribution in [3.63, 3.8) is 0 Å². The predicted octanol–water partition coefficient (Wildman–Crippen LogP) is 2.64. The van der Waals surface area contributed by atoms with E-state index in [9.17, 15) is 4.79 Å². The molecule has 0 saturated heterocycles. The van der Waals surface area contributed by atoms with Crippen LogP contribution in [0.2, 0.25) is 0 Å². The van der Waals surface area contributed by atoms with Gasteiger partial charge in [-0.3, -0.25) is 0 Å². The summed E-state index contributed by atoms with van der Waals surface area (Å²) in [5, 5.41) is 5.57. The Morgan fingerprint density at radius 1 is 1.19 bits per heavy atom. The quantitative estimate of drug-likeness (QED) is 0.739. The SMILES string of the molecule is COc1cccc(NC(=O)NCCc2ccc(N)cc2)c1. The Morgan fingerprint density at radius 2 is 1.95 bits per heavy atom. The summed E-state index contributed by atoms with van der Waals surface area (Å²) in [5.41, 5.74) is 8.19. The predicted molar refractivity (Wildman–Crippen MR) is 84.6 cm³/mol. The first kappa shape index (κ1) is 14.7. The van der Waals surface area contributed by atoms with Crippen molar-refractivity contribution in [3.8, 4) is 5.75 Å². The molecule has 110 valence electrons. The minimum Gasteiger partial charge on any atom is -0.497 e. The number of nitrogens with two attached hydrogens (primary N) is 1. The molecule has 0 aliphatic heterocycles. The number of nitrogens with one attached hydrogen (secondary N) is 2. The highest BCUT2D eigenvalue weighted by Crippen LogP contribution is 2.16. The monoisotopic (exact) mass is 285 g/mol. The summed E-state index contributed by atoms with van der Waals surface area (Å²) in [6.45, 7) is 0.555. The molecule has 0 atom stereocenters. The molecule has 5 heteroatoms. The molecule has 0 heterocycles. The maximum absolute atomic E-state index is 11.8. The van der Waals surface area contributed by atoms with Crippen LogP contribution in [-0.4, -0.2) is 19.7 Å². The second kappa shape index (κ2) is 7.19. The zero-order chi connectivity index (χ0) is 15.1. The van der Waals surface area contributed by atoms with Crippen LogP contribution in [-0.2, 0) is 6.42 Å². The largest absolute Gasteiger partial charge is 0.497 e. The minimum atomic E-state index is -0.237. The number of rotatable bonds is 5. The first-order chi connectivity index (χ1) is 10.2. The summed E-state index contributed by atoms with van der Waals surface area (Å²) in [6.07, 6.45) is 0.756. The molecule has 0 aliphatic rings. The van der Waals surface area contributed by atoms with E-state index in [1.165, 1.54) is 0 Å². The Bertz CT molecular complexity index is 597. The molecule has 4 N–H and O–H groups in total. The molecule has 2 aromatic rings. The van der Waals surface area contributed by atoms with E-state index in [0.717, 1.165) is 17.7 Å². The third-order valence-corrected chi connectivity index (χ3v) is 3.01. The molecule has 0 fully saturated rings. The number of urea groups is 1. The van der Waals surface area contributed by atoms with Crippen LogP contribution in [0.15, 0.2) is 48.5 Å². The molecule has 0 unspecified atom stereocenters. The molecule has 2 rings (SSSR count). The molecular formula is C16H19N3O2. The number of amides is 2. The first-order valence-corrected chi connectivity index (χ1v) is 6.71. The summed E-state index contributed by atoms with van der Waals surface area (Å²) >= 11 is 0. The van der Waals surface area contributed by atoms with E-state index in [1.807, 2.05) is 42.5 Å². The van der Waals surface area contributed by atoms with E-state index in [-0.39, 0.29) is 6.03 Å². The summed E-state index contributed by atoms with van der Waals surface area (Å²) in [6, 6.07) is 14.6. The lowest BCUT2D eigenvalue weighted by molar-refractivity contribution is 0.252. The van der Waals surface area contributed by atoms with Crippen LogP contribution >= 0.6 is 0 Å². The van der Waals surface area contributed by atoms with Crippen LogP contribution in [0.25, 0.3) is 0 Å². The highest BCUT2D eigenvalue weighted by molar-refractivity contribution is 5.89. The Kier molecular flexibility index (Phi) is 5.04. The molecule has 0 aliphatic carbocycles. The lowest BCUT2D eigenvalue weighted by atomic mass is 10.1. The van der Waals surface area contributed by atoms with Crippen molar-refractivity contribution in [2.75, 3.05) is 24.7 Å². The fourth-order valence-electron chi connectivity index (χ4n) is 1.88. The lowest BCUT2D eigenvalue weighted by Crippen LogP contribution is -2.30. The van der Waals surface area contributed by atoms with E-state index in [4.69, 9.17) is 10.5 Å². The van der Waals surface area contributed by atoms with E-state index < -0.39 is 0 Å². The van der Waals surface area contributed by atoms with Crippen LogP contribution in [0.3, 0.4) is 0 Å². The number of carbonyl (C=O) groups is 1.